The fourth-order valence-electron chi connectivity index (χ4n) is 2.84. The van der Waals surface area contributed by atoms with Gasteiger partial charge in [0.15, 0.2) is 0 Å². The Morgan fingerprint density at radius 3 is 2.41 bits per heavy atom. The largest absolute Gasteiger partial charge is 0.444 e. The van der Waals surface area contributed by atoms with Gasteiger partial charge in [-0.25, -0.2) is 4.79 Å². The molecule has 0 atom stereocenters. The molecule has 1 amide bonds. The predicted octanol–water partition coefficient (Wildman–Crippen LogP) is 4.06. The van der Waals surface area contributed by atoms with Gasteiger partial charge < -0.3 is 14.6 Å². The average Bonchev–Trinajstić information content (AvgIpc) is 2.57. The Labute approximate surface area is 167 Å². The zero-order valence-electron chi connectivity index (χ0n) is 16.9. The molecule has 0 aliphatic heterocycles. The van der Waals surface area contributed by atoms with E-state index in [-0.39, 0.29) is 12.0 Å². The molecule has 1 aromatic carbocycles. The van der Waals surface area contributed by atoms with Crippen LogP contribution in [0.4, 0.5) is 18.0 Å². The van der Waals surface area contributed by atoms with Gasteiger partial charge in [0.05, 0.1) is 5.56 Å². The standard InChI is InChI=1S/C21H25F3N2O3/c1-20(2,3)29-19(28)25-10-8-14-6-5-7-15(12-14)13-16-17(21(22,23)24)9-11-26(4)18(16)27/h5-7,9,11-12H,8,10,13H2,1-4H3,(H,25,28). The van der Waals surface area contributed by atoms with Crippen LogP contribution in [0.3, 0.4) is 0 Å². The van der Waals surface area contributed by atoms with Crippen LogP contribution in [0.5, 0.6) is 0 Å². The van der Waals surface area contributed by atoms with Gasteiger partial charge in [0.2, 0.25) is 0 Å². The topological polar surface area (TPSA) is 60.3 Å². The molecule has 2 aromatic rings. The van der Waals surface area contributed by atoms with Gasteiger partial charge >= 0.3 is 12.3 Å². The van der Waals surface area contributed by atoms with Gasteiger partial charge in [0.1, 0.15) is 5.60 Å². The van der Waals surface area contributed by atoms with Gasteiger partial charge in [0, 0.05) is 31.8 Å². The molecule has 0 radical (unpaired) electrons. The second-order valence-corrected chi connectivity index (χ2v) is 7.80. The van der Waals surface area contributed by atoms with Crippen LogP contribution < -0.4 is 10.9 Å². The zero-order valence-corrected chi connectivity index (χ0v) is 16.9. The van der Waals surface area contributed by atoms with Crippen LogP contribution in [-0.2, 0) is 30.8 Å². The molecule has 1 N–H and O–H groups in total. The van der Waals surface area contributed by atoms with Crippen LogP contribution >= 0.6 is 0 Å². The highest BCUT2D eigenvalue weighted by molar-refractivity contribution is 5.67. The number of amides is 1. The normalized spacial score (nSPS) is 12.0. The van der Waals surface area contributed by atoms with Crippen LogP contribution in [0.2, 0.25) is 0 Å². The minimum atomic E-state index is -4.60. The maximum Gasteiger partial charge on any atom is 0.416 e. The molecule has 0 unspecified atom stereocenters. The lowest BCUT2D eigenvalue weighted by molar-refractivity contribution is -0.138. The number of pyridine rings is 1. The number of carbonyl (C=O) groups is 1. The van der Waals surface area contributed by atoms with Crippen LogP contribution in [0, 0.1) is 0 Å². The van der Waals surface area contributed by atoms with Crippen molar-refractivity contribution in [2.24, 2.45) is 7.05 Å². The number of rotatable bonds is 5. The Hall–Kier alpha value is -2.77. The molecule has 2 rings (SSSR count). The van der Waals surface area contributed by atoms with Gasteiger partial charge in [-0.05, 0) is 44.4 Å². The van der Waals surface area contributed by atoms with Gasteiger partial charge in [-0.2, -0.15) is 13.2 Å². The minimum Gasteiger partial charge on any atom is -0.444 e. The number of nitrogens with zero attached hydrogens (tertiary/aromatic N) is 1. The summed E-state index contributed by atoms with van der Waals surface area (Å²) in [5, 5.41) is 2.64. The smallest absolute Gasteiger partial charge is 0.416 e. The number of aromatic nitrogens is 1. The van der Waals surface area contributed by atoms with Gasteiger partial charge in [0.25, 0.3) is 5.56 Å². The highest BCUT2D eigenvalue weighted by atomic mass is 19.4. The van der Waals surface area contributed by atoms with E-state index in [4.69, 9.17) is 4.74 Å². The molecule has 29 heavy (non-hydrogen) atoms. The number of nitrogens with one attached hydrogen (secondary N) is 1. The van der Waals surface area contributed by atoms with Crippen molar-refractivity contribution in [2.45, 2.75) is 45.4 Å². The average molecular weight is 410 g/mol. The molecule has 0 bridgehead atoms. The lowest BCUT2D eigenvalue weighted by atomic mass is 9.99. The third-order valence-electron chi connectivity index (χ3n) is 4.13. The maximum atomic E-state index is 13.3. The van der Waals surface area contributed by atoms with Crippen molar-refractivity contribution in [1.29, 1.82) is 0 Å². The third-order valence-corrected chi connectivity index (χ3v) is 4.13. The van der Waals surface area contributed by atoms with Gasteiger partial charge in [-0.15, -0.1) is 0 Å². The van der Waals surface area contributed by atoms with Gasteiger partial charge in [-0.1, -0.05) is 24.3 Å². The molecule has 1 aromatic heterocycles. The van der Waals surface area contributed by atoms with E-state index in [1.807, 2.05) is 6.07 Å². The Bertz CT molecular complexity index is 928. The van der Waals surface area contributed by atoms with Crippen LogP contribution in [-0.4, -0.2) is 22.8 Å². The zero-order chi connectivity index (χ0) is 21.8. The summed E-state index contributed by atoms with van der Waals surface area (Å²) < 4.78 is 46.2. The van der Waals surface area contributed by atoms with Crippen molar-refractivity contribution in [1.82, 2.24) is 9.88 Å². The number of aryl methyl sites for hydroxylation is 1. The fraction of sp³-hybridized carbons (Fsp3) is 0.429. The number of ether oxygens (including phenoxy) is 1. The van der Waals surface area contributed by atoms with Crippen molar-refractivity contribution in [2.75, 3.05) is 6.54 Å². The quantitative estimate of drug-likeness (QED) is 0.809. The van der Waals surface area contributed by atoms with E-state index in [9.17, 15) is 22.8 Å². The molecule has 0 spiro atoms. The molecule has 158 valence electrons. The van der Waals surface area contributed by atoms with Crippen molar-refractivity contribution in [3.05, 3.63) is 69.1 Å². The van der Waals surface area contributed by atoms with Gasteiger partial charge in [-0.3, -0.25) is 4.79 Å². The molecule has 1 heterocycles. The van der Waals surface area contributed by atoms with E-state index in [2.05, 4.69) is 5.32 Å². The summed E-state index contributed by atoms with van der Waals surface area (Å²) in [6.07, 6.45) is -3.66. The van der Waals surface area contributed by atoms with Crippen LogP contribution in [0.1, 0.15) is 43.0 Å². The Balaban J connectivity index is 2.12. The van der Waals surface area contributed by atoms with E-state index < -0.39 is 29.0 Å². The molecule has 5 nitrogen and oxygen atoms in total. The molecule has 0 saturated carbocycles. The SMILES string of the molecule is Cn1ccc(C(F)(F)F)c(Cc2cccc(CCNC(=O)OC(C)(C)C)c2)c1=O. The van der Waals surface area contributed by atoms with Crippen LogP contribution in [0.15, 0.2) is 41.3 Å². The number of hydrogen-bond donors (Lipinski definition) is 1. The minimum absolute atomic E-state index is 0.129. The van der Waals surface area contributed by atoms with E-state index in [0.29, 0.717) is 18.5 Å². The Morgan fingerprint density at radius 2 is 1.79 bits per heavy atom. The summed E-state index contributed by atoms with van der Waals surface area (Å²) >= 11 is 0. The predicted molar refractivity (Wildman–Crippen MR) is 104 cm³/mol. The lowest BCUT2D eigenvalue weighted by Crippen LogP contribution is -2.33. The molecule has 0 aliphatic carbocycles. The van der Waals surface area contributed by atoms with E-state index >= 15 is 0 Å². The molecule has 0 saturated heterocycles. The Morgan fingerprint density at radius 1 is 1.14 bits per heavy atom. The molecule has 0 aliphatic rings. The first-order valence-electron chi connectivity index (χ1n) is 9.17. The van der Waals surface area contributed by atoms with Crippen molar-refractivity contribution in [3.63, 3.8) is 0 Å². The van der Waals surface area contributed by atoms with E-state index in [0.717, 1.165) is 22.4 Å². The van der Waals surface area contributed by atoms with E-state index in [1.54, 1.807) is 39.0 Å². The molecular formula is C21H25F3N2O3. The third kappa shape index (κ3) is 6.66. The lowest BCUT2D eigenvalue weighted by Gasteiger charge is -2.19. The van der Waals surface area contributed by atoms with Crippen molar-refractivity contribution in [3.8, 4) is 0 Å². The summed E-state index contributed by atoms with van der Waals surface area (Å²) in [6.45, 7) is 5.61. The van der Waals surface area contributed by atoms with Crippen molar-refractivity contribution >= 4 is 6.09 Å². The summed E-state index contributed by atoms with van der Waals surface area (Å²) in [7, 11) is 1.42. The van der Waals surface area contributed by atoms with Crippen LogP contribution in [0.25, 0.3) is 0 Å². The first-order valence-corrected chi connectivity index (χ1v) is 9.17. The Kier molecular flexibility index (Phi) is 6.77. The fourth-order valence-corrected chi connectivity index (χ4v) is 2.84. The summed E-state index contributed by atoms with van der Waals surface area (Å²) in [5.74, 6) is 0. The molecular weight excluding hydrogens is 385 g/mol. The first-order chi connectivity index (χ1) is 13.4. The summed E-state index contributed by atoms with van der Waals surface area (Å²) in [6, 6.07) is 7.87. The second kappa shape index (κ2) is 8.71. The summed E-state index contributed by atoms with van der Waals surface area (Å²) in [5.41, 5.74) is -1.04. The number of hydrogen-bond acceptors (Lipinski definition) is 3. The first kappa shape index (κ1) is 22.5. The monoisotopic (exact) mass is 410 g/mol. The number of halogens is 3. The molecule has 0 fully saturated rings. The summed E-state index contributed by atoms with van der Waals surface area (Å²) in [4.78, 5) is 24.0. The number of alkyl carbamates (subject to hydrolysis) is 1. The number of carbonyl (C=O) groups excluding carboxylic acids is 1. The van der Waals surface area contributed by atoms with E-state index in [1.165, 1.54) is 7.05 Å². The number of alkyl halides is 3. The number of benzene rings is 1. The second-order valence-electron chi connectivity index (χ2n) is 7.80. The molecule has 8 heteroatoms. The highest BCUT2D eigenvalue weighted by Crippen LogP contribution is 2.31. The highest BCUT2D eigenvalue weighted by Gasteiger charge is 2.34. The van der Waals surface area contributed by atoms with Crippen molar-refractivity contribution < 1.29 is 22.7 Å². The maximum absolute atomic E-state index is 13.3.